The Morgan fingerprint density at radius 3 is 2.62 bits per heavy atom. The standard InChI is InChI=1S/C18H16ClIN4O4S/c19-13-10-12(20)2-3-14(13)21-18(29)22-17(25)11-1-4-15(16(9-11)24(26)27)23-5-7-28-8-6-23/h1-4,9-10H,5-8H2,(H2,21,22,25,29). The lowest BCUT2D eigenvalue weighted by atomic mass is 10.1. The quantitative estimate of drug-likeness (QED) is 0.261. The number of nitro benzene ring substituents is 1. The Labute approximate surface area is 190 Å². The molecule has 0 unspecified atom stereocenters. The van der Waals surface area contributed by atoms with Gasteiger partial charge in [-0.15, -0.1) is 0 Å². The number of hydrogen-bond donors (Lipinski definition) is 2. The number of ether oxygens (including phenoxy) is 1. The first-order valence-corrected chi connectivity index (χ1v) is 10.4. The average molecular weight is 547 g/mol. The lowest BCUT2D eigenvalue weighted by Crippen LogP contribution is -2.37. The van der Waals surface area contributed by atoms with Gasteiger partial charge in [0.05, 0.1) is 28.8 Å². The van der Waals surface area contributed by atoms with Gasteiger partial charge in [0.1, 0.15) is 5.69 Å². The maximum absolute atomic E-state index is 12.5. The van der Waals surface area contributed by atoms with Crippen molar-refractivity contribution < 1.29 is 14.5 Å². The minimum Gasteiger partial charge on any atom is -0.378 e. The van der Waals surface area contributed by atoms with Crippen LogP contribution in [0.4, 0.5) is 17.1 Å². The van der Waals surface area contributed by atoms with E-state index in [1.807, 2.05) is 11.0 Å². The lowest BCUT2D eigenvalue weighted by Gasteiger charge is -2.28. The molecule has 0 aromatic heterocycles. The highest BCUT2D eigenvalue weighted by Gasteiger charge is 2.23. The van der Waals surface area contributed by atoms with Crippen molar-refractivity contribution in [2.24, 2.45) is 0 Å². The molecule has 0 atom stereocenters. The van der Waals surface area contributed by atoms with Gasteiger partial charge in [-0.1, -0.05) is 11.6 Å². The maximum Gasteiger partial charge on any atom is 0.293 e. The van der Waals surface area contributed by atoms with Crippen LogP contribution in [0.1, 0.15) is 10.4 Å². The molecule has 2 N–H and O–H groups in total. The molecule has 0 saturated carbocycles. The fraction of sp³-hybridized carbons (Fsp3) is 0.222. The second-order valence-electron chi connectivity index (χ2n) is 6.09. The molecule has 3 rings (SSSR count). The fourth-order valence-electron chi connectivity index (χ4n) is 2.80. The summed E-state index contributed by atoms with van der Waals surface area (Å²) in [4.78, 5) is 25.4. The summed E-state index contributed by atoms with van der Waals surface area (Å²) in [6.45, 7) is 2.11. The van der Waals surface area contributed by atoms with Crippen LogP contribution in [0.15, 0.2) is 36.4 Å². The van der Waals surface area contributed by atoms with Gasteiger partial charge in [-0.25, -0.2) is 0 Å². The van der Waals surface area contributed by atoms with E-state index in [2.05, 4.69) is 33.2 Å². The number of anilines is 2. The van der Waals surface area contributed by atoms with Gasteiger partial charge in [0, 0.05) is 28.3 Å². The van der Waals surface area contributed by atoms with E-state index in [4.69, 9.17) is 28.6 Å². The van der Waals surface area contributed by atoms with Crippen LogP contribution >= 0.6 is 46.4 Å². The van der Waals surface area contributed by atoms with E-state index in [-0.39, 0.29) is 16.4 Å². The summed E-state index contributed by atoms with van der Waals surface area (Å²) in [6.07, 6.45) is 0. The highest BCUT2D eigenvalue weighted by atomic mass is 127. The summed E-state index contributed by atoms with van der Waals surface area (Å²) in [6, 6.07) is 9.69. The van der Waals surface area contributed by atoms with Gasteiger partial charge in [0.15, 0.2) is 5.11 Å². The summed E-state index contributed by atoms with van der Waals surface area (Å²) in [7, 11) is 0. The van der Waals surface area contributed by atoms with Crippen LogP contribution in [0.3, 0.4) is 0 Å². The third kappa shape index (κ3) is 5.53. The van der Waals surface area contributed by atoms with Gasteiger partial charge in [0.25, 0.3) is 11.6 Å². The lowest BCUT2D eigenvalue weighted by molar-refractivity contribution is -0.384. The Kier molecular flexibility index (Phi) is 7.22. The van der Waals surface area contributed by atoms with Crippen molar-refractivity contribution in [2.45, 2.75) is 0 Å². The molecule has 29 heavy (non-hydrogen) atoms. The van der Waals surface area contributed by atoms with Crippen molar-refractivity contribution in [3.63, 3.8) is 0 Å². The molecule has 0 aliphatic carbocycles. The SMILES string of the molecule is O=C(NC(=S)Nc1ccc(I)cc1Cl)c1ccc(N2CCOCC2)c([N+](=O)[O-])c1. The number of rotatable bonds is 4. The normalized spacial score (nSPS) is 13.7. The molecule has 0 spiro atoms. The largest absolute Gasteiger partial charge is 0.378 e. The first-order chi connectivity index (χ1) is 13.8. The molecule has 0 radical (unpaired) electrons. The number of morpholine rings is 1. The van der Waals surface area contributed by atoms with Crippen molar-refractivity contribution in [3.05, 3.63) is 60.7 Å². The number of benzene rings is 2. The molecule has 152 valence electrons. The van der Waals surface area contributed by atoms with Crippen molar-refractivity contribution in [3.8, 4) is 0 Å². The zero-order valence-corrected chi connectivity index (χ0v) is 18.7. The molecule has 2 aromatic rings. The van der Waals surface area contributed by atoms with Gasteiger partial charge < -0.3 is 15.0 Å². The minimum atomic E-state index is -0.555. The van der Waals surface area contributed by atoms with Gasteiger partial charge in [-0.3, -0.25) is 20.2 Å². The minimum absolute atomic E-state index is 0.0398. The first kappa shape index (κ1) is 21.7. The first-order valence-electron chi connectivity index (χ1n) is 8.53. The highest BCUT2D eigenvalue weighted by Crippen LogP contribution is 2.30. The topological polar surface area (TPSA) is 96.7 Å². The van der Waals surface area contributed by atoms with E-state index in [1.165, 1.54) is 12.1 Å². The van der Waals surface area contributed by atoms with Crippen LogP contribution < -0.4 is 15.5 Å². The Balaban J connectivity index is 1.73. The van der Waals surface area contributed by atoms with Crippen molar-refractivity contribution in [1.29, 1.82) is 0 Å². The van der Waals surface area contributed by atoms with E-state index < -0.39 is 10.8 Å². The number of carbonyl (C=O) groups excluding carboxylic acids is 1. The molecule has 1 amide bonds. The zero-order chi connectivity index (χ0) is 21.0. The summed E-state index contributed by atoms with van der Waals surface area (Å²) in [5, 5.41) is 17.4. The van der Waals surface area contributed by atoms with E-state index in [1.54, 1.807) is 18.2 Å². The number of nitrogens with zero attached hydrogens (tertiary/aromatic N) is 2. The van der Waals surface area contributed by atoms with Crippen molar-refractivity contribution in [1.82, 2.24) is 5.32 Å². The molecular weight excluding hydrogens is 531 g/mol. The van der Waals surface area contributed by atoms with E-state index in [0.29, 0.717) is 42.7 Å². The Hall–Kier alpha value is -2.02. The van der Waals surface area contributed by atoms with Crippen molar-refractivity contribution >= 4 is 74.5 Å². The molecule has 0 bridgehead atoms. The van der Waals surface area contributed by atoms with Crippen LogP contribution in [0.25, 0.3) is 0 Å². The smallest absolute Gasteiger partial charge is 0.293 e. The van der Waals surface area contributed by atoms with Crippen molar-refractivity contribution in [2.75, 3.05) is 36.5 Å². The fourth-order valence-corrected chi connectivity index (χ4v) is 3.91. The predicted molar refractivity (Wildman–Crippen MR) is 124 cm³/mol. The third-order valence-electron chi connectivity index (χ3n) is 4.19. The molecule has 1 saturated heterocycles. The molecule has 1 fully saturated rings. The summed E-state index contributed by atoms with van der Waals surface area (Å²) in [5.74, 6) is -0.555. The Morgan fingerprint density at radius 1 is 1.24 bits per heavy atom. The Bertz CT molecular complexity index is 969. The number of hydrogen-bond acceptors (Lipinski definition) is 6. The maximum atomic E-state index is 12.5. The van der Waals surface area contributed by atoms with Gasteiger partial charge in [-0.2, -0.15) is 0 Å². The molecule has 1 heterocycles. The number of halogens is 2. The number of nitro groups is 1. The van der Waals surface area contributed by atoms with Crippen LogP contribution in [-0.4, -0.2) is 42.2 Å². The van der Waals surface area contributed by atoms with Gasteiger partial charge in [0.2, 0.25) is 0 Å². The predicted octanol–water partition coefficient (Wildman–Crippen LogP) is 3.82. The number of nitrogens with one attached hydrogen (secondary N) is 2. The molecular formula is C18H16ClIN4O4S. The van der Waals surface area contributed by atoms with E-state index in [9.17, 15) is 14.9 Å². The van der Waals surface area contributed by atoms with Crippen LogP contribution in [0.5, 0.6) is 0 Å². The molecule has 11 heteroatoms. The van der Waals surface area contributed by atoms with E-state index >= 15 is 0 Å². The molecule has 1 aliphatic heterocycles. The number of carbonyl (C=O) groups is 1. The Morgan fingerprint density at radius 2 is 1.97 bits per heavy atom. The third-order valence-corrected chi connectivity index (χ3v) is 5.38. The number of amides is 1. The monoisotopic (exact) mass is 546 g/mol. The van der Waals surface area contributed by atoms with Gasteiger partial charge in [-0.05, 0) is 65.1 Å². The molecule has 2 aromatic carbocycles. The van der Waals surface area contributed by atoms with Gasteiger partial charge >= 0.3 is 0 Å². The summed E-state index contributed by atoms with van der Waals surface area (Å²) in [5.41, 5.74) is 0.998. The van der Waals surface area contributed by atoms with E-state index in [0.717, 1.165) is 3.57 Å². The van der Waals surface area contributed by atoms with Crippen LogP contribution in [-0.2, 0) is 4.74 Å². The zero-order valence-electron chi connectivity index (χ0n) is 15.0. The van der Waals surface area contributed by atoms with Crippen LogP contribution in [0, 0.1) is 13.7 Å². The molecule has 1 aliphatic rings. The average Bonchev–Trinajstić information content (AvgIpc) is 2.70. The second kappa shape index (κ2) is 9.65. The van der Waals surface area contributed by atoms with Crippen LogP contribution in [0.2, 0.25) is 5.02 Å². The summed E-state index contributed by atoms with van der Waals surface area (Å²) < 4.78 is 6.24. The summed E-state index contributed by atoms with van der Waals surface area (Å²) >= 11 is 13.4. The second-order valence-corrected chi connectivity index (χ2v) is 8.15. The highest BCUT2D eigenvalue weighted by molar-refractivity contribution is 14.1. The number of thiocarbonyl (C=S) groups is 1. The molecule has 8 nitrogen and oxygen atoms in total.